The van der Waals surface area contributed by atoms with E-state index in [1.807, 2.05) is 0 Å². The van der Waals surface area contributed by atoms with Crippen LogP contribution in [0, 0.1) is 0 Å². The molecule has 0 aromatic rings. The van der Waals surface area contributed by atoms with Crippen molar-refractivity contribution in [1.82, 2.24) is 0 Å². The average molecular weight is 448 g/mol. The molecule has 10 radical (unpaired) electrons. The summed E-state index contributed by atoms with van der Waals surface area (Å²) in [6, 6.07) is 0. The molecule has 0 bridgehead atoms. The second-order valence-electron chi connectivity index (χ2n) is 0. The minimum Gasteiger partial charge on any atom is -0.153 e. The van der Waals surface area contributed by atoms with Crippen molar-refractivity contribution >= 4 is 106 Å². The first-order valence-corrected chi connectivity index (χ1v) is 0. The van der Waals surface area contributed by atoms with Gasteiger partial charge in [0.25, 0.3) is 0 Å². The second kappa shape index (κ2) is 57.3. The smallest absolute Gasteiger partial charge is 0 e. The molecule has 8 heteroatoms. The van der Waals surface area contributed by atoms with E-state index in [2.05, 4.69) is 0 Å². The minimum atomic E-state index is 0. The van der Waals surface area contributed by atoms with Gasteiger partial charge in [-0.25, -0.2) is 0 Å². The Morgan fingerprint density at radius 2 is 1.00 bits per heavy atom. The van der Waals surface area contributed by atoms with E-state index >= 15 is 0 Å². The van der Waals surface area contributed by atoms with Crippen LogP contribution in [0.1, 0.15) is 0 Å². The maximum atomic E-state index is 0. The van der Waals surface area contributed by atoms with Gasteiger partial charge in [0.05, 0.1) is 0 Å². The molecule has 0 fully saturated rings. The van der Waals surface area contributed by atoms with E-state index in [4.69, 9.17) is 0 Å². The summed E-state index contributed by atoms with van der Waals surface area (Å²) in [5, 5.41) is 0. The molecule has 0 saturated carbocycles. The molecule has 1 unspecified atom stereocenters. The Hall–Kier alpha value is 5.10. The van der Waals surface area contributed by atoms with Gasteiger partial charge in [-0.2, -0.15) is 9.90 Å². The van der Waals surface area contributed by atoms with Crippen LogP contribution in [0.25, 0.3) is 0 Å². The standard InChI is InChI=1S/B.Li.H3P.Rb.Si.Ti.V.W/h;;1H3;;;;;. The third kappa shape index (κ3) is 43.5. The van der Waals surface area contributed by atoms with Crippen molar-refractivity contribution in [1.29, 1.82) is 0 Å². The molecule has 1 atom stereocenters. The van der Waals surface area contributed by atoms with Crippen molar-refractivity contribution in [3.8, 4) is 0 Å². The SMILES string of the molecule is P.[B].[Li].[Rb].[Si].[Ti].[V].[W]. The first-order valence-electron chi connectivity index (χ1n) is 0. The van der Waals surface area contributed by atoms with E-state index in [0.29, 0.717) is 0 Å². The Morgan fingerprint density at radius 1 is 1.00 bits per heavy atom. The van der Waals surface area contributed by atoms with Crippen LogP contribution in [0.5, 0.6) is 0 Å². The Bertz CT molecular complexity index is 24.0. The van der Waals surface area contributed by atoms with E-state index in [-0.39, 0.29) is 168 Å². The summed E-state index contributed by atoms with van der Waals surface area (Å²) in [6.07, 6.45) is 0. The zero-order valence-corrected chi connectivity index (χ0v) is 18.4. The van der Waals surface area contributed by atoms with Gasteiger partial charge in [0.15, 0.2) is 0 Å². The molecule has 0 saturated heterocycles. The Labute approximate surface area is 163 Å². The maximum Gasteiger partial charge on any atom is 0 e. The third-order valence-corrected chi connectivity index (χ3v) is 0. The quantitative estimate of drug-likeness (QED) is 0.314. The van der Waals surface area contributed by atoms with Gasteiger partial charge in [-0.05, 0) is 0 Å². The molecule has 0 spiro atoms. The first-order chi connectivity index (χ1) is 0. The largest absolute Gasteiger partial charge is 0.153 e. The summed E-state index contributed by atoms with van der Waals surface area (Å²) in [6.45, 7) is 0. The van der Waals surface area contributed by atoms with Crippen molar-refractivity contribution in [2.75, 3.05) is 0 Å². The fourth-order valence-corrected chi connectivity index (χ4v) is 0. The number of hydrogen-bond acceptors (Lipinski definition) is 0. The van der Waals surface area contributed by atoms with Crippen LogP contribution in [0.4, 0.5) is 0 Å². The molecule has 0 aromatic carbocycles. The summed E-state index contributed by atoms with van der Waals surface area (Å²) in [7, 11) is 0. The Kier molecular flexibility index (Phi) is 528. The molecule has 0 aliphatic rings. The van der Waals surface area contributed by atoms with Crippen LogP contribution in [-0.4, -0.2) is 96.4 Å². The van der Waals surface area contributed by atoms with Gasteiger partial charge in [-0.15, -0.1) is 0 Å². The van der Waals surface area contributed by atoms with Crippen LogP contribution in [0.2, 0.25) is 0 Å². The number of rotatable bonds is 0. The van der Waals surface area contributed by atoms with E-state index in [1.54, 1.807) is 0 Å². The van der Waals surface area contributed by atoms with Gasteiger partial charge in [0.2, 0.25) is 0 Å². The molecule has 0 nitrogen and oxygen atoms in total. The fraction of sp³-hybridized carbons (Fsp3) is 0. The van der Waals surface area contributed by atoms with Crippen LogP contribution < -0.4 is 0 Å². The fourth-order valence-electron chi connectivity index (χ4n) is 0. The van der Waals surface area contributed by atoms with E-state index in [1.165, 1.54) is 0 Å². The van der Waals surface area contributed by atoms with Gasteiger partial charge in [0, 0.05) is 158 Å². The van der Waals surface area contributed by atoms with Crippen molar-refractivity contribution < 1.29 is 61.3 Å². The maximum absolute atomic E-state index is 0. The second-order valence-corrected chi connectivity index (χ2v) is 0. The summed E-state index contributed by atoms with van der Waals surface area (Å²) in [5.41, 5.74) is 0. The average Bonchev–Trinajstić information content (AvgIpc) is 0. The monoisotopic (exact) mass is 448 g/mol. The molecule has 0 aromatic heterocycles. The van der Waals surface area contributed by atoms with Crippen molar-refractivity contribution in [3.05, 3.63) is 0 Å². The first kappa shape index (κ1) is 73.7. The molecule has 0 N–H and O–H groups in total. The molecule has 32 valence electrons. The molecule has 0 amide bonds. The van der Waals surface area contributed by atoms with E-state index < -0.39 is 0 Å². The summed E-state index contributed by atoms with van der Waals surface area (Å²) in [5.74, 6) is 0. The predicted molar refractivity (Wildman–Crippen MR) is 34.1 cm³/mol. The summed E-state index contributed by atoms with van der Waals surface area (Å²) in [4.78, 5) is 0. The van der Waals surface area contributed by atoms with Crippen molar-refractivity contribution in [2.24, 2.45) is 0 Å². The number of hydrogen-bond donors (Lipinski definition) is 0. The topological polar surface area (TPSA) is 0 Å². The van der Waals surface area contributed by atoms with Crippen LogP contribution >= 0.6 is 9.90 Å². The van der Waals surface area contributed by atoms with E-state index in [9.17, 15) is 0 Å². The normalized spacial score (nSPS) is 0. The van der Waals surface area contributed by atoms with Gasteiger partial charge in [-0.1, -0.05) is 0 Å². The van der Waals surface area contributed by atoms with Crippen LogP contribution in [0.3, 0.4) is 0 Å². The van der Waals surface area contributed by atoms with Gasteiger partial charge in [0.1, 0.15) is 0 Å². The van der Waals surface area contributed by atoms with Gasteiger partial charge >= 0.3 is 0 Å². The Balaban J connectivity index is 0. The molecular weight excluding hydrogens is 445 g/mol. The van der Waals surface area contributed by atoms with Gasteiger partial charge in [-0.3, -0.25) is 0 Å². The third-order valence-electron chi connectivity index (χ3n) is 0. The van der Waals surface area contributed by atoms with Crippen LogP contribution in [0.15, 0.2) is 0 Å². The zero-order chi connectivity index (χ0) is 0. The van der Waals surface area contributed by atoms with Crippen molar-refractivity contribution in [3.63, 3.8) is 0 Å². The van der Waals surface area contributed by atoms with Crippen molar-refractivity contribution in [2.45, 2.75) is 0 Å². The Morgan fingerprint density at radius 3 is 1.00 bits per heavy atom. The summed E-state index contributed by atoms with van der Waals surface area (Å²) >= 11 is 0. The molecule has 8 heavy (non-hydrogen) atoms. The van der Waals surface area contributed by atoms with Crippen LogP contribution in [-0.2, 0) is 61.3 Å². The zero-order valence-electron chi connectivity index (χ0n) is 5.14. The van der Waals surface area contributed by atoms with E-state index in [0.717, 1.165) is 0 Å². The molecule has 0 heterocycles. The summed E-state index contributed by atoms with van der Waals surface area (Å²) < 4.78 is 0. The molecule has 0 aliphatic carbocycles. The predicted octanol–water partition coefficient (Wildman–Crippen LogP) is -1.47. The molecular formula is H3BLiPRbSiTiVW. The minimum absolute atomic E-state index is 0. The molecule has 0 aliphatic heterocycles. The molecule has 0 rings (SSSR count). The van der Waals surface area contributed by atoms with Gasteiger partial charge < -0.3 is 0 Å².